The molecule has 3 aromatic rings. The Labute approximate surface area is 169 Å². The molecule has 0 saturated heterocycles. The first kappa shape index (κ1) is 17.8. The lowest BCUT2D eigenvalue weighted by Crippen LogP contribution is -2.44. The summed E-state index contributed by atoms with van der Waals surface area (Å²) in [6.07, 6.45) is 10.2. The molecule has 1 aliphatic carbocycles. The number of nitrogens with zero attached hydrogens (tertiary/aromatic N) is 2. The Kier molecular flexibility index (Phi) is 4.65. The minimum absolute atomic E-state index is 0.165. The van der Waals surface area contributed by atoms with E-state index in [0.29, 0.717) is 0 Å². The van der Waals surface area contributed by atoms with Gasteiger partial charge >= 0.3 is 0 Å². The van der Waals surface area contributed by atoms with Crippen LogP contribution in [0.15, 0.2) is 42.6 Å². The Morgan fingerprint density at radius 3 is 2.83 bits per heavy atom. The Morgan fingerprint density at radius 2 is 1.90 bits per heavy atom. The van der Waals surface area contributed by atoms with Crippen LogP contribution in [0.5, 0.6) is 0 Å². The summed E-state index contributed by atoms with van der Waals surface area (Å²) in [5.41, 5.74) is 14.3. The van der Waals surface area contributed by atoms with Crippen LogP contribution in [0, 0.1) is 0 Å². The molecular weight excluding hydrogens is 362 g/mol. The molecule has 5 rings (SSSR count). The highest BCUT2D eigenvalue weighted by molar-refractivity contribution is 5.82. The molecule has 2 aromatic heterocycles. The lowest BCUT2D eigenvalue weighted by molar-refractivity contribution is 0.403. The Bertz CT molecular complexity index is 1160. The zero-order valence-corrected chi connectivity index (χ0v) is 16.2. The van der Waals surface area contributed by atoms with Gasteiger partial charge in [-0.1, -0.05) is 31.0 Å². The summed E-state index contributed by atoms with van der Waals surface area (Å²) in [4.78, 5) is 9.41. The van der Waals surface area contributed by atoms with Gasteiger partial charge in [0, 0.05) is 40.3 Å². The summed E-state index contributed by atoms with van der Waals surface area (Å²) >= 11 is 0. The van der Waals surface area contributed by atoms with Gasteiger partial charge in [0.05, 0.1) is 17.4 Å². The predicted molar refractivity (Wildman–Crippen MR) is 118 cm³/mol. The first-order valence-electron chi connectivity index (χ1n) is 10.1. The Balaban J connectivity index is 1.50. The van der Waals surface area contributed by atoms with Crippen LogP contribution in [0.2, 0.25) is 0 Å². The number of rotatable bonds is 4. The van der Waals surface area contributed by atoms with Crippen molar-refractivity contribution in [3.05, 3.63) is 53.0 Å². The number of hydrogen-bond donors (Lipinski definition) is 5. The van der Waals surface area contributed by atoms with Gasteiger partial charge < -0.3 is 27.2 Å². The molecule has 0 amide bonds. The van der Waals surface area contributed by atoms with Crippen molar-refractivity contribution in [2.45, 2.75) is 37.8 Å². The summed E-state index contributed by atoms with van der Waals surface area (Å²) in [7, 11) is 0. The van der Waals surface area contributed by atoms with E-state index in [-0.39, 0.29) is 12.1 Å². The van der Waals surface area contributed by atoms with Gasteiger partial charge in [0.15, 0.2) is 0 Å². The molecule has 1 aromatic carbocycles. The number of pyridine rings is 2. The van der Waals surface area contributed by atoms with Crippen LogP contribution in [0.25, 0.3) is 23.3 Å². The van der Waals surface area contributed by atoms with E-state index in [0.717, 1.165) is 51.5 Å². The molecule has 0 bridgehead atoms. The number of nitrogens with one attached hydrogen (secondary N) is 4. The molecule has 148 valence electrons. The van der Waals surface area contributed by atoms with E-state index in [1.165, 1.54) is 12.8 Å². The van der Waals surface area contributed by atoms with Gasteiger partial charge in [-0.3, -0.25) is 4.98 Å². The first-order valence-corrected chi connectivity index (χ1v) is 10.1. The first-order chi connectivity index (χ1) is 14.3. The molecule has 3 heterocycles. The second kappa shape index (κ2) is 7.60. The van der Waals surface area contributed by atoms with Crippen LogP contribution in [0.1, 0.15) is 25.7 Å². The molecular formula is C22H25N7. The van der Waals surface area contributed by atoms with Gasteiger partial charge in [0.1, 0.15) is 11.6 Å². The van der Waals surface area contributed by atoms with Gasteiger partial charge in [0.2, 0.25) is 0 Å². The summed E-state index contributed by atoms with van der Waals surface area (Å²) < 4.78 is 0. The number of para-hydroxylation sites is 1. The second-order valence-electron chi connectivity index (χ2n) is 7.68. The molecule has 0 unspecified atom stereocenters. The molecule has 29 heavy (non-hydrogen) atoms. The molecule has 1 fully saturated rings. The summed E-state index contributed by atoms with van der Waals surface area (Å²) in [5, 5.41) is 10.2. The highest BCUT2D eigenvalue weighted by Crippen LogP contribution is 2.21. The van der Waals surface area contributed by atoms with Crippen molar-refractivity contribution >= 4 is 40.6 Å². The van der Waals surface area contributed by atoms with Crippen LogP contribution in [-0.4, -0.2) is 22.1 Å². The van der Waals surface area contributed by atoms with Gasteiger partial charge in [0.25, 0.3) is 0 Å². The van der Waals surface area contributed by atoms with E-state index in [1.54, 1.807) is 0 Å². The molecule has 1 saturated carbocycles. The summed E-state index contributed by atoms with van der Waals surface area (Å²) in [6, 6.07) is 12.6. The fraction of sp³-hybridized carbons (Fsp3) is 0.273. The van der Waals surface area contributed by atoms with Crippen molar-refractivity contribution in [1.29, 1.82) is 0 Å². The maximum Gasteiger partial charge on any atom is 0.142 e. The summed E-state index contributed by atoms with van der Waals surface area (Å²) in [6.45, 7) is 0. The predicted octanol–water partition coefficient (Wildman–Crippen LogP) is 1.64. The Morgan fingerprint density at radius 1 is 1.03 bits per heavy atom. The van der Waals surface area contributed by atoms with Crippen LogP contribution < -0.4 is 37.7 Å². The lowest BCUT2D eigenvalue weighted by Gasteiger charge is -2.30. The number of nitrogens with two attached hydrogens (primary N) is 1. The van der Waals surface area contributed by atoms with Crippen molar-refractivity contribution in [2.24, 2.45) is 5.73 Å². The van der Waals surface area contributed by atoms with E-state index < -0.39 is 0 Å². The molecule has 2 atom stereocenters. The molecule has 7 heteroatoms. The van der Waals surface area contributed by atoms with Crippen molar-refractivity contribution in [2.75, 3.05) is 10.6 Å². The van der Waals surface area contributed by atoms with E-state index in [9.17, 15) is 0 Å². The number of aromatic nitrogens is 2. The second-order valence-corrected chi connectivity index (χ2v) is 7.68. The fourth-order valence-electron chi connectivity index (χ4n) is 4.05. The maximum atomic E-state index is 6.33. The molecule has 6 N–H and O–H groups in total. The van der Waals surface area contributed by atoms with Crippen LogP contribution in [0.3, 0.4) is 0 Å². The summed E-state index contributed by atoms with van der Waals surface area (Å²) in [5.74, 6) is 1.60. The minimum atomic E-state index is 0.165. The Hall–Kier alpha value is -3.32. The van der Waals surface area contributed by atoms with Crippen LogP contribution in [0.4, 0.5) is 17.3 Å². The average molecular weight is 387 g/mol. The number of hydrogen-bond acceptors (Lipinski definition) is 7. The largest absolute Gasteiger partial charge is 0.366 e. The van der Waals surface area contributed by atoms with Crippen molar-refractivity contribution in [3.8, 4) is 0 Å². The SMILES string of the molecule is N[C@H]1CCCC[C@H]1Nc1cc2c(c(Nc3cnc4ccccc4c3)n1)=CNNC=2. The van der Waals surface area contributed by atoms with E-state index in [2.05, 4.69) is 44.7 Å². The van der Waals surface area contributed by atoms with E-state index in [1.807, 2.05) is 36.8 Å². The van der Waals surface area contributed by atoms with Crippen LogP contribution >= 0.6 is 0 Å². The van der Waals surface area contributed by atoms with Crippen molar-refractivity contribution in [3.63, 3.8) is 0 Å². The molecule has 7 nitrogen and oxygen atoms in total. The number of fused-ring (bicyclic) bond motifs is 2. The maximum absolute atomic E-state index is 6.33. The smallest absolute Gasteiger partial charge is 0.142 e. The lowest BCUT2D eigenvalue weighted by atomic mass is 9.91. The minimum Gasteiger partial charge on any atom is -0.366 e. The molecule has 0 radical (unpaired) electrons. The fourth-order valence-corrected chi connectivity index (χ4v) is 4.05. The zero-order chi connectivity index (χ0) is 19.6. The third-order valence-electron chi connectivity index (χ3n) is 5.62. The third kappa shape index (κ3) is 3.69. The van der Waals surface area contributed by atoms with Gasteiger partial charge in [-0.25, -0.2) is 4.98 Å². The van der Waals surface area contributed by atoms with Crippen molar-refractivity contribution < 1.29 is 0 Å². The highest BCUT2D eigenvalue weighted by atomic mass is 15.3. The monoisotopic (exact) mass is 387 g/mol. The quantitative estimate of drug-likeness (QED) is 0.464. The number of anilines is 3. The van der Waals surface area contributed by atoms with Gasteiger partial charge in [-0.15, -0.1) is 0 Å². The topological polar surface area (TPSA) is 99.9 Å². The number of benzene rings is 1. The van der Waals surface area contributed by atoms with Crippen molar-refractivity contribution in [1.82, 2.24) is 20.8 Å². The third-order valence-corrected chi connectivity index (χ3v) is 5.62. The standard InChI is InChI=1S/C22H25N7/c23-18-6-2-4-8-20(18)28-21-10-15-11-25-26-13-17(15)22(29-21)27-16-9-14-5-1-3-7-19(14)24-12-16/h1,3,5,7,9-13,18,20,25-26,28H,2,4,6,8,23H2,(H,27,29)/t18-,20+/m0/s1. The number of hydrazine groups is 1. The van der Waals surface area contributed by atoms with E-state index >= 15 is 0 Å². The average Bonchev–Trinajstić information content (AvgIpc) is 2.75. The normalized spacial score (nSPS) is 20.4. The van der Waals surface area contributed by atoms with Crippen LogP contribution in [-0.2, 0) is 0 Å². The van der Waals surface area contributed by atoms with Gasteiger partial charge in [-0.05, 0) is 31.0 Å². The van der Waals surface area contributed by atoms with E-state index in [4.69, 9.17) is 10.7 Å². The molecule has 1 aliphatic heterocycles. The van der Waals surface area contributed by atoms with Gasteiger partial charge in [-0.2, -0.15) is 0 Å². The highest BCUT2D eigenvalue weighted by Gasteiger charge is 2.22. The molecule has 2 aliphatic rings. The molecule has 0 spiro atoms. The zero-order valence-electron chi connectivity index (χ0n) is 16.2.